The van der Waals surface area contributed by atoms with Crippen LogP contribution in [0.3, 0.4) is 0 Å². The zero-order valence-corrected chi connectivity index (χ0v) is 18.1. The van der Waals surface area contributed by atoms with E-state index in [9.17, 15) is 13.2 Å². The SMILES string of the molecule is CCc1ccc(N([C@H](C)C(=O)NCCCc2ccccc2Cl)S(C)(=O)=O)cc1. The maximum absolute atomic E-state index is 12.6. The van der Waals surface area contributed by atoms with Crippen molar-refractivity contribution in [2.24, 2.45) is 0 Å². The van der Waals surface area contributed by atoms with Gasteiger partial charge in [0.1, 0.15) is 6.04 Å². The van der Waals surface area contributed by atoms with Gasteiger partial charge in [0.25, 0.3) is 0 Å². The highest BCUT2D eigenvalue weighted by Gasteiger charge is 2.28. The molecule has 1 atom stereocenters. The molecule has 0 radical (unpaired) electrons. The number of nitrogens with one attached hydrogen (secondary N) is 1. The molecule has 0 heterocycles. The van der Waals surface area contributed by atoms with Gasteiger partial charge in [-0.2, -0.15) is 0 Å². The van der Waals surface area contributed by atoms with Crippen LogP contribution in [0.25, 0.3) is 0 Å². The lowest BCUT2D eigenvalue weighted by Crippen LogP contribution is -2.48. The van der Waals surface area contributed by atoms with Crippen LogP contribution in [0.4, 0.5) is 5.69 Å². The van der Waals surface area contributed by atoms with Gasteiger partial charge in [-0.05, 0) is 55.5 Å². The Balaban J connectivity index is 2.00. The highest BCUT2D eigenvalue weighted by atomic mass is 35.5. The number of amides is 1. The minimum Gasteiger partial charge on any atom is -0.354 e. The first-order chi connectivity index (χ1) is 13.2. The number of rotatable bonds is 9. The van der Waals surface area contributed by atoms with Gasteiger partial charge in [0, 0.05) is 11.6 Å². The first-order valence-corrected chi connectivity index (χ1v) is 11.6. The van der Waals surface area contributed by atoms with E-state index in [-0.39, 0.29) is 5.91 Å². The van der Waals surface area contributed by atoms with Crippen molar-refractivity contribution in [1.29, 1.82) is 0 Å². The van der Waals surface area contributed by atoms with E-state index in [0.717, 1.165) is 34.5 Å². The van der Waals surface area contributed by atoms with Gasteiger partial charge in [-0.15, -0.1) is 0 Å². The molecule has 0 fully saturated rings. The van der Waals surface area contributed by atoms with Crippen molar-refractivity contribution < 1.29 is 13.2 Å². The van der Waals surface area contributed by atoms with E-state index in [1.54, 1.807) is 19.1 Å². The maximum atomic E-state index is 12.6. The van der Waals surface area contributed by atoms with Crippen molar-refractivity contribution in [3.05, 3.63) is 64.7 Å². The summed E-state index contributed by atoms with van der Waals surface area (Å²) in [5.41, 5.74) is 2.62. The molecule has 0 spiro atoms. The van der Waals surface area contributed by atoms with Gasteiger partial charge in [0.2, 0.25) is 15.9 Å². The summed E-state index contributed by atoms with van der Waals surface area (Å²) in [6, 6.07) is 14.0. The van der Waals surface area contributed by atoms with E-state index in [2.05, 4.69) is 5.32 Å². The quantitative estimate of drug-likeness (QED) is 0.625. The summed E-state index contributed by atoms with van der Waals surface area (Å²) in [5, 5.41) is 3.54. The number of halogens is 1. The summed E-state index contributed by atoms with van der Waals surface area (Å²) >= 11 is 6.14. The molecular formula is C21H27ClN2O3S. The Bertz CT molecular complexity index is 898. The van der Waals surface area contributed by atoms with Crippen LogP contribution in [-0.4, -0.2) is 33.2 Å². The predicted molar refractivity (Wildman–Crippen MR) is 115 cm³/mol. The molecule has 2 aromatic rings. The van der Waals surface area contributed by atoms with E-state index < -0.39 is 16.1 Å². The molecule has 2 rings (SSSR count). The molecule has 0 unspecified atom stereocenters. The Morgan fingerprint density at radius 2 is 1.79 bits per heavy atom. The number of sulfonamides is 1. The largest absolute Gasteiger partial charge is 0.354 e. The molecule has 0 bridgehead atoms. The van der Waals surface area contributed by atoms with Crippen molar-refractivity contribution in [2.75, 3.05) is 17.1 Å². The number of aryl methyl sites for hydroxylation is 2. The zero-order valence-electron chi connectivity index (χ0n) is 16.5. The number of nitrogens with zero attached hydrogens (tertiary/aromatic N) is 1. The Kier molecular flexibility index (Phi) is 7.89. The van der Waals surface area contributed by atoms with E-state index in [0.29, 0.717) is 23.7 Å². The first kappa shape index (κ1) is 22.2. The summed E-state index contributed by atoms with van der Waals surface area (Å²) in [7, 11) is -3.61. The van der Waals surface area contributed by atoms with E-state index in [1.807, 2.05) is 43.3 Å². The number of benzene rings is 2. The van der Waals surface area contributed by atoms with Gasteiger partial charge >= 0.3 is 0 Å². The first-order valence-electron chi connectivity index (χ1n) is 9.33. The lowest BCUT2D eigenvalue weighted by Gasteiger charge is -2.28. The van der Waals surface area contributed by atoms with Crippen LogP contribution in [0.1, 0.15) is 31.4 Å². The van der Waals surface area contributed by atoms with Crippen molar-refractivity contribution in [1.82, 2.24) is 5.32 Å². The molecule has 28 heavy (non-hydrogen) atoms. The Morgan fingerprint density at radius 1 is 1.14 bits per heavy atom. The minimum atomic E-state index is -3.61. The van der Waals surface area contributed by atoms with E-state index in [1.165, 1.54) is 0 Å². The standard InChI is InChI=1S/C21H27ClN2O3S/c1-4-17-11-13-19(14-12-17)24(28(3,26)27)16(2)21(25)23-15-7-9-18-8-5-6-10-20(18)22/h5-6,8,10-14,16H,4,7,9,15H2,1-3H3,(H,23,25)/t16-/m1/s1. The molecule has 152 valence electrons. The molecular weight excluding hydrogens is 396 g/mol. The summed E-state index contributed by atoms with van der Waals surface area (Å²) in [4.78, 5) is 12.6. The third-order valence-electron chi connectivity index (χ3n) is 4.57. The van der Waals surface area contributed by atoms with E-state index in [4.69, 9.17) is 11.6 Å². The summed E-state index contributed by atoms with van der Waals surface area (Å²) in [6.07, 6.45) is 3.43. The van der Waals surface area contributed by atoms with Gasteiger partial charge in [0.05, 0.1) is 11.9 Å². The fourth-order valence-corrected chi connectivity index (χ4v) is 4.43. The second kappa shape index (κ2) is 9.94. The fourth-order valence-electron chi connectivity index (χ4n) is 3.03. The number of carbonyl (C=O) groups excluding carboxylic acids is 1. The lowest BCUT2D eigenvalue weighted by molar-refractivity contribution is -0.121. The second-order valence-electron chi connectivity index (χ2n) is 6.74. The Hall–Kier alpha value is -2.05. The number of carbonyl (C=O) groups is 1. The summed E-state index contributed by atoms with van der Waals surface area (Å²) < 4.78 is 25.8. The molecule has 1 N–H and O–H groups in total. The molecule has 2 aromatic carbocycles. The molecule has 0 aliphatic rings. The molecule has 0 saturated heterocycles. The topological polar surface area (TPSA) is 66.5 Å². The van der Waals surface area contributed by atoms with E-state index >= 15 is 0 Å². The van der Waals surface area contributed by atoms with Crippen LogP contribution in [-0.2, 0) is 27.7 Å². The van der Waals surface area contributed by atoms with Gasteiger partial charge in [-0.25, -0.2) is 8.42 Å². The molecule has 0 aromatic heterocycles. The van der Waals surface area contributed by atoms with Crippen LogP contribution in [0.5, 0.6) is 0 Å². The van der Waals surface area contributed by atoms with Crippen molar-refractivity contribution >= 4 is 33.2 Å². The van der Waals surface area contributed by atoms with Crippen LogP contribution in [0.2, 0.25) is 5.02 Å². The molecule has 5 nitrogen and oxygen atoms in total. The Morgan fingerprint density at radius 3 is 2.36 bits per heavy atom. The monoisotopic (exact) mass is 422 g/mol. The third-order valence-corrected chi connectivity index (χ3v) is 6.18. The predicted octanol–water partition coefficient (Wildman–Crippen LogP) is 3.81. The molecule has 7 heteroatoms. The van der Waals surface area contributed by atoms with Crippen LogP contribution >= 0.6 is 11.6 Å². The van der Waals surface area contributed by atoms with Gasteiger partial charge in [-0.3, -0.25) is 9.10 Å². The third kappa shape index (κ3) is 5.97. The zero-order chi connectivity index (χ0) is 20.7. The van der Waals surface area contributed by atoms with Crippen molar-refractivity contribution in [3.63, 3.8) is 0 Å². The van der Waals surface area contributed by atoms with Gasteiger partial charge in [0.15, 0.2) is 0 Å². The average molecular weight is 423 g/mol. The van der Waals surface area contributed by atoms with Crippen LogP contribution in [0.15, 0.2) is 48.5 Å². The number of hydrogen-bond donors (Lipinski definition) is 1. The van der Waals surface area contributed by atoms with Gasteiger partial charge in [-0.1, -0.05) is 48.9 Å². The highest BCUT2D eigenvalue weighted by Crippen LogP contribution is 2.22. The second-order valence-corrected chi connectivity index (χ2v) is 9.01. The molecule has 1 amide bonds. The Labute approximate surface area is 172 Å². The van der Waals surface area contributed by atoms with Crippen molar-refractivity contribution in [3.8, 4) is 0 Å². The normalized spacial score (nSPS) is 12.4. The average Bonchev–Trinajstić information content (AvgIpc) is 2.66. The lowest BCUT2D eigenvalue weighted by atomic mass is 10.1. The van der Waals surface area contributed by atoms with Gasteiger partial charge < -0.3 is 5.32 Å². The van der Waals surface area contributed by atoms with Crippen molar-refractivity contribution in [2.45, 2.75) is 39.2 Å². The number of hydrogen-bond acceptors (Lipinski definition) is 3. The molecule has 0 aliphatic heterocycles. The van der Waals surface area contributed by atoms with Crippen LogP contribution < -0.4 is 9.62 Å². The maximum Gasteiger partial charge on any atom is 0.243 e. The summed E-state index contributed by atoms with van der Waals surface area (Å²) in [5.74, 6) is -0.329. The minimum absolute atomic E-state index is 0.329. The smallest absolute Gasteiger partial charge is 0.243 e. The summed E-state index contributed by atoms with van der Waals surface area (Å²) in [6.45, 7) is 4.07. The highest BCUT2D eigenvalue weighted by molar-refractivity contribution is 7.92. The molecule has 0 aliphatic carbocycles. The van der Waals surface area contributed by atoms with Crippen LogP contribution in [0, 0.1) is 0 Å². The molecule has 0 saturated carbocycles. The number of anilines is 1. The fraction of sp³-hybridized carbons (Fsp3) is 0.381.